The summed E-state index contributed by atoms with van der Waals surface area (Å²) in [6.07, 6.45) is 8.28. The third-order valence-electron chi connectivity index (χ3n) is 10.7. The topological polar surface area (TPSA) is 198 Å². The zero-order chi connectivity index (χ0) is 51.7. The van der Waals surface area contributed by atoms with Crippen LogP contribution >= 0.6 is 0 Å². The lowest BCUT2D eigenvalue weighted by Crippen LogP contribution is -2.50. The maximum absolute atomic E-state index is 13.8. The van der Waals surface area contributed by atoms with Crippen molar-refractivity contribution in [2.45, 2.75) is 148 Å². The van der Waals surface area contributed by atoms with Crippen LogP contribution in [0.1, 0.15) is 143 Å². The highest BCUT2D eigenvalue weighted by Gasteiger charge is 2.34. The largest absolute Gasteiger partial charge is 0.420 e. The van der Waals surface area contributed by atoms with E-state index in [2.05, 4.69) is 26.0 Å². The Hall–Kier alpha value is -4.02. The van der Waals surface area contributed by atoms with Crippen molar-refractivity contribution in [3.8, 4) is 5.75 Å². The van der Waals surface area contributed by atoms with Gasteiger partial charge in [0.2, 0.25) is 58.5 Å². The van der Waals surface area contributed by atoms with Crippen LogP contribution in [0.3, 0.4) is 0 Å². The Morgan fingerprint density at radius 2 is 0.700 bits per heavy atom. The van der Waals surface area contributed by atoms with Gasteiger partial charge in [-0.2, -0.15) is 8.78 Å². The predicted octanol–water partition coefficient (Wildman–Crippen LogP) is 7.06. The van der Waals surface area contributed by atoms with E-state index in [4.69, 9.17) is 28.4 Å². The summed E-state index contributed by atoms with van der Waals surface area (Å²) in [6.45, 7) is 12.1. The monoisotopic (exact) mass is 1010 g/mol. The lowest BCUT2D eigenvalue weighted by molar-refractivity contribution is -0.135. The standard InChI is InChI=1S/C49H81F5N4O12/c1-4-26-64-32-35-67-29-23-55-38(59)17-20-49(21-18-39(60)56-24-30-68-36-33-65-27-5-2,22-19-40(61)57-25-31-69-37-34-66-28-6-3)58-41(62)15-13-11-9-7-8-10-12-14-16-42(63)70-48-46(53)44(51)43(50)45(52)47(48)54/h4-37H2,1-3H3,(H,55,59)(H,56,60)(H,57,61)(H,58,62). The first kappa shape index (κ1) is 64.0. The third kappa shape index (κ3) is 31.3. The molecule has 70 heavy (non-hydrogen) atoms. The van der Waals surface area contributed by atoms with E-state index in [1.165, 1.54) is 0 Å². The molecule has 0 aliphatic heterocycles. The molecule has 0 heterocycles. The fourth-order valence-corrected chi connectivity index (χ4v) is 6.89. The Morgan fingerprint density at radius 3 is 1.06 bits per heavy atom. The van der Waals surface area contributed by atoms with Crippen LogP contribution < -0.4 is 26.0 Å². The normalized spacial score (nSPS) is 11.4. The van der Waals surface area contributed by atoms with Gasteiger partial charge < -0.3 is 54.4 Å². The van der Waals surface area contributed by atoms with E-state index in [-0.39, 0.29) is 121 Å². The molecule has 0 atom stereocenters. The molecule has 0 aliphatic carbocycles. The molecule has 4 amide bonds. The first-order valence-corrected chi connectivity index (χ1v) is 25.1. The van der Waals surface area contributed by atoms with Crippen LogP contribution in [-0.4, -0.2) is 134 Å². The molecule has 404 valence electrons. The number of benzene rings is 1. The summed E-state index contributed by atoms with van der Waals surface area (Å²) < 4.78 is 105. The van der Waals surface area contributed by atoms with Crippen molar-refractivity contribution in [2.24, 2.45) is 0 Å². The summed E-state index contributed by atoms with van der Waals surface area (Å²) in [5, 5.41) is 11.7. The molecule has 1 aromatic carbocycles. The van der Waals surface area contributed by atoms with Crippen molar-refractivity contribution in [1.29, 1.82) is 0 Å². The van der Waals surface area contributed by atoms with Crippen molar-refractivity contribution in [3.63, 3.8) is 0 Å². The number of ether oxygens (including phenoxy) is 7. The molecule has 21 heteroatoms. The van der Waals surface area contributed by atoms with Crippen LogP contribution in [0, 0.1) is 29.1 Å². The number of hydrogen-bond donors (Lipinski definition) is 4. The van der Waals surface area contributed by atoms with Gasteiger partial charge in [0.15, 0.2) is 0 Å². The van der Waals surface area contributed by atoms with Gasteiger partial charge >= 0.3 is 5.97 Å². The van der Waals surface area contributed by atoms with E-state index in [0.29, 0.717) is 85.1 Å². The number of hydrogen-bond acceptors (Lipinski definition) is 12. The van der Waals surface area contributed by atoms with Gasteiger partial charge in [-0.3, -0.25) is 24.0 Å². The Labute approximate surface area is 411 Å². The molecule has 0 unspecified atom stereocenters. The third-order valence-corrected chi connectivity index (χ3v) is 10.7. The van der Waals surface area contributed by atoms with Crippen molar-refractivity contribution in [3.05, 3.63) is 29.1 Å². The summed E-state index contributed by atoms with van der Waals surface area (Å²) in [7, 11) is 0. The number of nitrogens with one attached hydrogen (secondary N) is 4. The molecular formula is C49H81F5N4O12. The SMILES string of the molecule is CCCOCCOCCNC(=O)CCC(CCC(=O)NCCOCCOCCC)(CCC(=O)NCCOCCOCCC)NC(=O)CCCCCCCCCCC(=O)Oc1c(F)c(F)c(F)c(F)c1F. The van der Waals surface area contributed by atoms with Gasteiger partial charge in [-0.1, -0.05) is 59.3 Å². The minimum Gasteiger partial charge on any atom is -0.420 e. The van der Waals surface area contributed by atoms with Crippen LogP contribution in [0.15, 0.2) is 0 Å². The molecule has 4 N–H and O–H groups in total. The Kier molecular flexibility index (Phi) is 38.0. The molecule has 1 rings (SSSR count). The summed E-state index contributed by atoms with van der Waals surface area (Å²) in [5.41, 5.74) is -1.09. The van der Waals surface area contributed by atoms with Gasteiger partial charge in [0.05, 0.1) is 59.5 Å². The zero-order valence-corrected chi connectivity index (χ0v) is 41.8. The van der Waals surface area contributed by atoms with Crippen LogP contribution in [0.4, 0.5) is 22.0 Å². The second kappa shape index (κ2) is 41.6. The predicted molar refractivity (Wildman–Crippen MR) is 251 cm³/mol. The van der Waals surface area contributed by atoms with E-state index >= 15 is 0 Å². The molecule has 1 aromatic rings. The fraction of sp³-hybridized carbons (Fsp3) is 0.776. The molecule has 0 spiro atoms. The number of amides is 4. The van der Waals surface area contributed by atoms with Crippen molar-refractivity contribution in [2.75, 3.05) is 98.9 Å². The van der Waals surface area contributed by atoms with Gasteiger partial charge in [-0.25, -0.2) is 13.2 Å². The van der Waals surface area contributed by atoms with Gasteiger partial charge in [0, 0.05) is 77.1 Å². The molecule has 0 saturated carbocycles. The highest BCUT2D eigenvalue weighted by molar-refractivity contribution is 5.80. The molecule has 0 aliphatic rings. The second-order valence-corrected chi connectivity index (χ2v) is 16.8. The molecule has 0 bridgehead atoms. The molecule has 16 nitrogen and oxygen atoms in total. The minimum atomic E-state index is -2.34. The highest BCUT2D eigenvalue weighted by Crippen LogP contribution is 2.30. The molecule has 0 fully saturated rings. The molecular weight excluding hydrogens is 932 g/mol. The first-order valence-electron chi connectivity index (χ1n) is 25.1. The minimum absolute atomic E-state index is 0.0114. The number of carbonyl (C=O) groups excluding carboxylic acids is 5. The maximum atomic E-state index is 13.8. The molecule has 0 aromatic heterocycles. The Bertz CT molecular complexity index is 1500. The smallest absolute Gasteiger partial charge is 0.311 e. The van der Waals surface area contributed by atoms with Crippen LogP contribution in [0.2, 0.25) is 0 Å². The zero-order valence-electron chi connectivity index (χ0n) is 41.8. The van der Waals surface area contributed by atoms with Crippen molar-refractivity contribution >= 4 is 29.6 Å². The highest BCUT2D eigenvalue weighted by atomic mass is 19.2. The van der Waals surface area contributed by atoms with Gasteiger partial charge in [-0.15, -0.1) is 0 Å². The first-order chi connectivity index (χ1) is 33.8. The number of rotatable bonds is 46. The fourth-order valence-electron chi connectivity index (χ4n) is 6.89. The van der Waals surface area contributed by atoms with E-state index < -0.39 is 46.3 Å². The summed E-state index contributed by atoms with van der Waals surface area (Å²) in [5.74, 6) is -15.0. The van der Waals surface area contributed by atoms with Crippen molar-refractivity contribution < 1.29 is 79.1 Å². The van der Waals surface area contributed by atoms with Crippen LogP contribution in [0.25, 0.3) is 0 Å². The Morgan fingerprint density at radius 1 is 0.386 bits per heavy atom. The lowest BCUT2D eigenvalue weighted by atomic mass is 9.82. The van der Waals surface area contributed by atoms with Crippen LogP contribution in [0.5, 0.6) is 5.75 Å². The summed E-state index contributed by atoms with van der Waals surface area (Å²) in [4.78, 5) is 65.0. The lowest BCUT2D eigenvalue weighted by Gasteiger charge is -2.35. The maximum Gasteiger partial charge on any atom is 0.311 e. The number of esters is 1. The average molecular weight is 1010 g/mol. The second-order valence-electron chi connectivity index (χ2n) is 16.8. The van der Waals surface area contributed by atoms with Gasteiger partial charge in [0.1, 0.15) is 0 Å². The van der Waals surface area contributed by atoms with E-state index in [1.54, 1.807) is 0 Å². The van der Waals surface area contributed by atoms with E-state index in [9.17, 15) is 45.9 Å². The number of halogens is 5. The van der Waals surface area contributed by atoms with E-state index in [0.717, 1.165) is 38.5 Å². The van der Waals surface area contributed by atoms with Crippen LogP contribution in [-0.2, 0) is 52.4 Å². The molecule has 0 radical (unpaired) electrons. The summed E-state index contributed by atoms with van der Waals surface area (Å²) in [6, 6.07) is 0. The Balaban J connectivity index is 2.83. The number of carbonyl (C=O) groups is 5. The quantitative estimate of drug-likeness (QED) is 0.0130. The summed E-state index contributed by atoms with van der Waals surface area (Å²) >= 11 is 0. The van der Waals surface area contributed by atoms with Gasteiger partial charge in [-0.05, 0) is 51.4 Å². The van der Waals surface area contributed by atoms with E-state index in [1.807, 2.05) is 20.8 Å². The molecule has 0 saturated heterocycles. The van der Waals surface area contributed by atoms with Crippen molar-refractivity contribution in [1.82, 2.24) is 21.3 Å². The number of unbranched alkanes of at least 4 members (excludes halogenated alkanes) is 7. The van der Waals surface area contributed by atoms with Gasteiger partial charge in [0.25, 0.3) is 0 Å². The average Bonchev–Trinajstić information content (AvgIpc) is 3.35.